The molecule has 3 heterocycles. The Bertz CT molecular complexity index is 1430. The zero-order chi connectivity index (χ0) is 22.2. The van der Waals surface area contributed by atoms with Crippen LogP contribution in [-0.4, -0.2) is 37.1 Å². The number of hydrogen-bond acceptors (Lipinski definition) is 8. The largest absolute Gasteiger partial charge is 0.497 e. The minimum atomic E-state index is -0.501. The standard InChI is InChI=1S/C22H18FN7O2/c1-12(21-27-28-22(32-21)15-8-3-4-9-16(15)23)30-20-17(19(24)25-11-26-20)18(29-30)13-6-5-7-14(10-13)31-2/h3-12H,1-2H3,(H2,24,25,26). The van der Waals surface area contributed by atoms with Crippen LogP contribution in [0.3, 0.4) is 0 Å². The Labute approximate surface area is 181 Å². The molecule has 1 atom stereocenters. The van der Waals surface area contributed by atoms with Crippen LogP contribution in [0.5, 0.6) is 5.75 Å². The van der Waals surface area contributed by atoms with Crippen molar-refractivity contribution in [3.8, 4) is 28.5 Å². The Morgan fingerprint density at radius 2 is 1.94 bits per heavy atom. The monoisotopic (exact) mass is 431 g/mol. The summed E-state index contributed by atoms with van der Waals surface area (Å²) in [6, 6.07) is 13.2. The van der Waals surface area contributed by atoms with Crippen LogP contribution in [0, 0.1) is 5.82 Å². The normalized spacial score (nSPS) is 12.2. The fourth-order valence-electron chi connectivity index (χ4n) is 3.49. The fourth-order valence-corrected chi connectivity index (χ4v) is 3.49. The molecule has 5 aromatic rings. The minimum absolute atomic E-state index is 0.0866. The fraction of sp³-hybridized carbons (Fsp3) is 0.136. The van der Waals surface area contributed by atoms with Crippen molar-refractivity contribution >= 4 is 16.9 Å². The lowest BCUT2D eigenvalue weighted by molar-refractivity contribution is 0.415. The number of anilines is 1. The molecule has 0 saturated carbocycles. The molecule has 2 aromatic carbocycles. The molecular weight excluding hydrogens is 413 g/mol. The van der Waals surface area contributed by atoms with Gasteiger partial charge in [-0.05, 0) is 31.2 Å². The average molecular weight is 431 g/mol. The van der Waals surface area contributed by atoms with Crippen LogP contribution in [0.1, 0.15) is 18.9 Å². The van der Waals surface area contributed by atoms with E-state index in [9.17, 15) is 4.39 Å². The molecule has 9 nitrogen and oxygen atoms in total. The van der Waals surface area contributed by atoms with E-state index in [0.717, 1.165) is 5.56 Å². The van der Waals surface area contributed by atoms with E-state index >= 15 is 0 Å². The van der Waals surface area contributed by atoms with Crippen molar-refractivity contribution in [1.29, 1.82) is 0 Å². The van der Waals surface area contributed by atoms with Crippen LogP contribution in [0.15, 0.2) is 59.3 Å². The third-order valence-corrected chi connectivity index (χ3v) is 5.13. The minimum Gasteiger partial charge on any atom is -0.497 e. The topological polar surface area (TPSA) is 118 Å². The summed E-state index contributed by atoms with van der Waals surface area (Å²) >= 11 is 0. The molecule has 1 unspecified atom stereocenters. The summed E-state index contributed by atoms with van der Waals surface area (Å²) in [4.78, 5) is 8.51. The van der Waals surface area contributed by atoms with Crippen molar-refractivity contribution in [2.75, 3.05) is 12.8 Å². The van der Waals surface area contributed by atoms with E-state index in [0.29, 0.717) is 28.3 Å². The molecule has 0 saturated heterocycles. The molecule has 0 radical (unpaired) electrons. The Kier molecular flexibility index (Phi) is 4.74. The lowest BCUT2D eigenvalue weighted by Gasteiger charge is -2.08. The van der Waals surface area contributed by atoms with E-state index in [1.165, 1.54) is 12.4 Å². The summed E-state index contributed by atoms with van der Waals surface area (Å²) in [5.74, 6) is 0.871. The van der Waals surface area contributed by atoms with Gasteiger partial charge in [0.25, 0.3) is 5.89 Å². The Hall–Kier alpha value is -4.34. The van der Waals surface area contributed by atoms with Crippen molar-refractivity contribution < 1.29 is 13.5 Å². The summed E-state index contributed by atoms with van der Waals surface area (Å²) in [6.07, 6.45) is 1.37. The maximum atomic E-state index is 14.1. The van der Waals surface area contributed by atoms with Gasteiger partial charge in [-0.2, -0.15) is 5.10 Å². The molecule has 32 heavy (non-hydrogen) atoms. The molecule has 2 N–H and O–H groups in total. The lowest BCUT2D eigenvalue weighted by Crippen LogP contribution is -2.10. The van der Waals surface area contributed by atoms with Gasteiger partial charge in [-0.3, -0.25) is 0 Å². The number of benzene rings is 2. The van der Waals surface area contributed by atoms with E-state index in [4.69, 9.17) is 20.0 Å². The first-order chi connectivity index (χ1) is 15.6. The number of hydrogen-bond donors (Lipinski definition) is 1. The summed E-state index contributed by atoms with van der Waals surface area (Å²) in [6.45, 7) is 1.83. The second kappa shape index (κ2) is 7.73. The Balaban J connectivity index is 1.62. The van der Waals surface area contributed by atoms with Crippen LogP contribution in [0.25, 0.3) is 33.7 Å². The van der Waals surface area contributed by atoms with Gasteiger partial charge in [0.2, 0.25) is 5.89 Å². The van der Waals surface area contributed by atoms with Gasteiger partial charge in [0, 0.05) is 5.56 Å². The number of fused-ring (bicyclic) bond motifs is 1. The zero-order valence-corrected chi connectivity index (χ0v) is 17.2. The number of ether oxygens (including phenoxy) is 1. The third kappa shape index (κ3) is 3.22. The van der Waals surface area contributed by atoms with E-state index < -0.39 is 11.9 Å². The first-order valence-corrected chi connectivity index (χ1v) is 9.78. The van der Waals surface area contributed by atoms with Gasteiger partial charge in [-0.25, -0.2) is 19.0 Å². The molecule has 0 aliphatic carbocycles. The number of rotatable bonds is 5. The van der Waals surface area contributed by atoms with Gasteiger partial charge in [0.05, 0.1) is 18.1 Å². The molecule has 5 rings (SSSR count). The quantitative estimate of drug-likeness (QED) is 0.445. The summed E-state index contributed by atoms with van der Waals surface area (Å²) < 4.78 is 26.9. The van der Waals surface area contributed by atoms with E-state index in [1.54, 1.807) is 30.0 Å². The zero-order valence-electron chi connectivity index (χ0n) is 17.2. The van der Waals surface area contributed by atoms with E-state index in [2.05, 4.69) is 20.2 Å². The van der Waals surface area contributed by atoms with Gasteiger partial charge in [0.15, 0.2) is 5.65 Å². The highest BCUT2D eigenvalue weighted by Crippen LogP contribution is 2.34. The molecule has 0 bridgehead atoms. The van der Waals surface area contributed by atoms with Crippen LogP contribution in [0.2, 0.25) is 0 Å². The molecule has 0 amide bonds. The average Bonchev–Trinajstić information content (AvgIpc) is 3.45. The maximum absolute atomic E-state index is 14.1. The number of nitrogens with two attached hydrogens (primary N) is 1. The predicted molar refractivity (Wildman–Crippen MR) is 115 cm³/mol. The number of nitrogen functional groups attached to an aromatic ring is 1. The van der Waals surface area contributed by atoms with E-state index in [-0.39, 0.29) is 17.3 Å². The van der Waals surface area contributed by atoms with E-state index in [1.807, 2.05) is 31.2 Å². The van der Waals surface area contributed by atoms with Crippen molar-refractivity contribution in [2.24, 2.45) is 0 Å². The van der Waals surface area contributed by atoms with Crippen LogP contribution < -0.4 is 10.5 Å². The summed E-state index contributed by atoms with van der Waals surface area (Å²) in [7, 11) is 1.60. The lowest BCUT2D eigenvalue weighted by atomic mass is 10.1. The van der Waals surface area contributed by atoms with Crippen molar-refractivity contribution in [3.05, 3.63) is 66.6 Å². The highest BCUT2D eigenvalue weighted by Gasteiger charge is 2.25. The highest BCUT2D eigenvalue weighted by molar-refractivity contribution is 5.98. The predicted octanol–water partition coefficient (Wildman–Crippen LogP) is 3.88. The number of aromatic nitrogens is 6. The summed E-state index contributed by atoms with van der Waals surface area (Å²) in [5.41, 5.74) is 8.31. The van der Waals surface area contributed by atoms with Crippen LogP contribution >= 0.6 is 0 Å². The second-order valence-corrected chi connectivity index (χ2v) is 7.08. The molecule has 0 fully saturated rings. The Morgan fingerprint density at radius 1 is 1.09 bits per heavy atom. The maximum Gasteiger partial charge on any atom is 0.250 e. The van der Waals surface area contributed by atoms with Crippen molar-refractivity contribution in [1.82, 2.24) is 29.9 Å². The highest BCUT2D eigenvalue weighted by atomic mass is 19.1. The van der Waals surface area contributed by atoms with Gasteiger partial charge >= 0.3 is 0 Å². The van der Waals surface area contributed by atoms with Gasteiger partial charge in [0.1, 0.15) is 35.4 Å². The molecule has 160 valence electrons. The third-order valence-electron chi connectivity index (χ3n) is 5.13. The van der Waals surface area contributed by atoms with Crippen LogP contribution in [-0.2, 0) is 0 Å². The number of halogens is 1. The van der Waals surface area contributed by atoms with Gasteiger partial charge < -0.3 is 14.9 Å². The smallest absolute Gasteiger partial charge is 0.250 e. The number of nitrogens with zero attached hydrogens (tertiary/aromatic N) is 6. The SMILES string of the molecule is COc1cccc(-c2nn(C(C)c3nnc(-c4ccccc4F)o3)c3ncnc(N)c23)c1. The van der Waals surface area contributed by atoms with Gasteiger partial charge in [-0.1, -0.05) is 24.3 Å². The molecule has 0 aliphatic heterocycles. The Morgan fingerprint density at radius 3 is 2.75 bits per heavy atom. The van der Waals surface area contributed by atoms with Crippen LogP contribution in [0.4, 0.5) is 10.2 Å². The molecule has 3 aromatic heterocycles. The van der Waals surface area contributed by atoms with Crippen molar-refractivity contribution in [3.63, 3.8) is 0 Å². The first-order valence-electron chi connectivity index (χ1n) is 9.78. The molecule has 0 aliphatic rings. The van der Waals surface area contributed by atoms with Crippen molar-refractivity contribution in [2.45, 2.75) is 13.0 Å². The molecular formula is C22H18FN7O2. The molecule has 0 spiro atoms. The number of methoxy groups -OCH3 is 1. The molecule has 10 heteroatoms. The van der Waals surface area contributed by atoms with Gasteiger partial charge in [-0.15, -0.1) is 10.2 Å². The summed E-state index contributed by atoms with van der Waals surface area (Å²) in [5, 5.41) is 13.5. The second-order valence-electron chi connectivity index (χ2n) is 7.08. The first kappa shape index (κ1) is 19.6.